The van der Waals surface area contributed by atoms with E-state index in [1.165, 1.54) is 48.3 Å². The number of hydrogen-bond acceptors (Lipinski definition) is 12. The molecule has 0 saturated heterocycles. The van der Waals surface area contributed by atoms with Crippen LogP contribution in [0.5, 0.6) is 23.3 Å². The van der Waals surface area contributed by atoms with Crippen molar-refractivity contribution < 1.29 is 45.4 Å². The average Bonchev–Trinajstić information content (AvgIpc) is 3.93. The van der Waals surface area contributed by atoms with Crippen LogP contribution in [0.2, 0.25) is 0 Å². The molecule has 0 unspecified atom stereocenters. The molecule has 0 amide bonds. The van der Waals surface area contributed by atoms with Crippen molar-refractivity contribution in [1.82, 2.24) is 24.7 Å². The van der Waals surface area contributed by atoms with Crippen molar-refractivity contribution in [2.75, 3.05) is 24.4 Å². The molecular formula is C35H28BrF6N7O4S2. The number of carbonyl (C=O) groups is 2. The van der Waals surface area contributed by atoms with Gasteiger partial charge in [0.05, 0.1) is 17.4 Å². The Kier molecular flexibility index (Phi) is 15.5. The number of carbonyl (C=O) groups excluding carboxylic acids is 2. The number of aliphatic imine (C=N–C) groups is 2. The number of hydrogen-bond donors (Lipinski definition) is 0. The van der Waals surface area contributed by atoms with Crippen LogP contribution in [0.25, 0.3) is 0 Å². The number of ketones is 2. The molecule has 0 aliphatic carbocycles. The quantitative estimate of drug-likeness (QED) is 0.0547. The fourth-order valence-corrected chi connectivity index (χ4v) is 5.38. The van der Waals surface area contributed by atoms with Gasteiger partial charge in [0.15, 0.2) is 23.0 Å². The van der Waals surface area contributed by atoms with Crippen molar-refractivity contribution in [1.29, 1.82) is 0 Å². The second kappa shape index (κ2) is 20.0. The highest BCUT2D eigenvalue weighted by Crippen LogP contribution is 2.35. The number of benzene rings is 2. The van der Waals surface area contributed by atoms with Crippen LogP contribution < -0.4 is 9.47 Å². The van der Waals surface area contributed by atoms with Crippen LogP contribution in [0.4, 0.5) is 26.3 Å². The van der Waals surface area contributed by atoms with E-state index in [4.69, 9.17) is 9.47 Å². The highest BCUT2D eigenvalue weighted by molar-refractivity contribution is 9.09. The van der Waals surface area contributed by atoms with Crippen molar-refractivity contribution in [2.24, 2.45) is 9.98 Å². The van der Waals surface area contributed by atoms with E-state index in [1.54, 1.807) is 61.1 Å². The van der Waals surface area contributed by atoms with Crippen LogP contribution in [0.15, 0.2) is 105 Å². The zero-order valence-corrected chi connectivity index (χ0v) is 31.8. The number of pyridine rings is 2. The Morgan fingerprint density at radius 3 is 1.58 bits per heavy atom. The molecule has 0 atom stereocenters. The van der Waals surface area contributed by atoms with Gasteiger partial charge >= 0.3 is 12.4 Å². The second-order valence-electron chi connectivity index (χ2n) is 10.5. The van der Waals surface area contributed by atoms with Gasteiger partial charge in [0.2, 0.25) is 11.8 Å². The Labute approximate surface area is 326 Å². The van der Waals surface area contributed by atoms with E-state index in [0.29, 0.717) is 11.5 Å². The van der Waals surface area contributed by atoms with E-state index in [1.807, 2.05) is 12.5 Å². The number of ether oxygens (including phenoxy) is 2. The van der Waals surface area contributed by atoms with E-state index in [2.05, 4.69) is 46.0 Å². The second-order valence-corrected chi connectivity index (χ2v) is 12.8. The zero-order valence-electron chi connectivity index (χ0n) is 28.6. The Balaban J connectivity index is 0.000000219. The van der Waals surface area contributed by atoms with Crippen molar-refractivity contribution in [3.05, 3.63) is 108 Å². The first kappa shape index (κ1) is 42.7. The summed E-state index contributed by atoms with van der Waals surface area (Å²) >= 11 is 5.92. The molecule has 5 aromatic rings. The lowest BCUT2D eigenvalue weighted by Crippen LogP contribution is -2.19. The van der Waals surface area contributed by atoms with Gasteiger partial charge in [-0.2, -0.15) is 31.4 Å². The molecule has 4 heterocycles. The molecule has 0 bridgehead atoms. The minimum Gasteiger partial charge on any atom is -0.439 e. The van der Waals surface area contributed by atoms with E-state index in [9.17, 15) is 35.9 Å². The number of alkyl halides is 7. The van der Waals surface area contributed by atoms with E-state index in [-0.39, 0.29) is 23.6 Å². The number of aromatic nitrogens is 5. The fourth-order valence-electron chi connectivity index (χ4n) is 4.26. The maximum absolute atomic E-state index is 13.4. The third kappa shape index (κ3) is 13.0. The van der Waals surface area contributed by atoms with Crippen LogP contribution >= 0.6 is 39.5 Å². The molecule has 3 aromatic heterocycles. The topological polar surface area (TPSA) is 134 Å². The van der Waals surface area contributed by atoms with Gasteiger partial charge in [-0.15, -0.1) is 23.5 Å². The van der Waals surface area contributed by atoms with Gasteiger partial charge in [0.25, 0.3) is 0 Å². The molecule has 55 heavy (non-hydrogen) atoms. The summed E-state index contributed by atoms with van der Waals surface area (Å²) in [6.07, 6.45) is 0.0170. The first-order valence-electron chi connectivity index (χ1n) is 15.5. The van der Waals surface area contributed by atoms with Crippen LogP contribution in [-0.2, 0) is 18.9 Å². The molecule has 6 rings (SSSR count). The summed E-state index contributed by atoms with van der Waals surface area (Å²) in [4.78, 5) is 43.9. The van der Waals surface area contributed by atoms with Gasteiger partial charge in [0, 0.05) is 33.7 Å². The van der Waals surface area contributed by atoms with Crippen LogP contribution in [-0.4, -0.2) is 73.2 Å². The smallest absolute Gasteiger partial charge is 0.434 e. The Morgan fingerprint density at radius 1 is 0.745 bits per heavy atom. The summed E-state index contributed by atoms with van der Waals surface area (Å²) in [6, 6.07) is 18.3. The van der Waals surface area contributed by atoms with E-state index in [0.717, 1.165) is 33.2 Å². The third-order valence-electron chi connectivity index (χ3n) is 6.78. The van der Waals surface area contributed by atoms with Gasteiger partial charge in [-0.1, -0.05) is 15.9 Å². The molecular weight excluding hydrogens is 840 g/mol. The molecule has 1 aliphatic rings. The highest BCUT2D eigenvalue weighted by atomic mass is 79.9. The van der Waals surface area contributed by atoms with Crippen LogP contribution in [0, 0.1) is 0 Å². The Bertz CT molecular complexity index is 2090. The van der Waals surface area contributed by atoms with Crippen LogP contribution in [0.3, 0.4) is 0 Å². The predicted molar refractivity (Wildman–Crippen MR) is 199 cm³/mol. The lowest BCUT2D eigenvalue weighted by atomic mass is 10.1. The van der Waals surface area contributed by atoms with Crippen molar-refractivity contribution >= 4 is 63.6 Å². The molecule has 2 aromatic carbocycles. The molecule has 0 fully saturated rings. The first-order chi connectivity index (χ1) is 26.2. The lowest BCUT2D eigenvalue weighted by molar-refractivity contribution is -0.142. The summed E-state index contributed by atoms with van der Waals surface area (Å²) in [5.41, 5.74) is -3.59. The SMILES string of the molecule is C1=NC=NC1.CSc1ccc(Oc2ccc(C(=O)CBr)c(C(F)(F)F)n2)cc1.CSc1ccc(Oc2ccc(C(=O)Cn3cncn3)c(C(F)(F)F)n2)cc1. The number of thioether (sulfide) groups is 2. The van der Waals surface area contributed by atoms with E-state index >= 15 is 0 Å². The summed E-state index contributed by atoms with van der Waals surface area (Å²) in [5, 5.41) is 3.50. The fraction of sp³-hybridized carbons (Fsp3) is 0.200. The summed E-state index contributed by atoms with van der Waals surface area (Å²) in [5.74, 6) is -1.24. The Hall–Kier alpha value is -5.08. The lowest BCUT2D eigenvalue weighted by Gasteiger charge is -2.13. The maximum atomic E-state index is 13.4. The average molecular weight is 869 g/mol. The monoisotopic (exact) mass is 867 g/mol. The van der Waals surface area contributed by atoms with Crippen LogP contribution in [0.1, 0.15) is 32.1 Å². The summed E-state index contributed by atoms with van der Waals surface area (Å²) in [6.45, 7) is 0.404. The Morgan fingerprint density at radius 2 is 1.24 bits per heavy atom. The predicted octanol–water partition coefficient (Wildman–Crippen LogP) is 9.38. The maximum Gasteiger partial charge on any atom is 0.434 e. The van der Waals surface area contributed by atoms with E-state index < -0.39 is 46.4 Å². The van der Waals surface area contributed by atoms with Crippen molar-refractivity contribution in [3.63, 3.8) is 0 Å². The number of Topliss-reactive ketones (excluding diaryl/α,β-unsaturated/α-hetero) is 2. The number of halogens is 7. The largest absolute Gasteiger partial charge is 0.439 e. The molecule has 288 valence electrons. The van der Waals surface area contributed by atoms with Gasteiger partial charge in [-0.05, 0) is 73.2 Å². The summed E-state index contributed by atoms with van der Waals surface area (Å²) in [7, 11) is 0. The van der Waals surface area contributed by atoms with Crippen molar-refractivity contribution in [2.45, 2.75) is 28.7 Å². The standard InChI is InChI=1S/C17H13F3N4O2S.C15H11BrF3NO2S.C3H4N2/c1-27-12-4-2-11(3-5-12)26-15-7-6-13(16(23-15)17(18,19)20)14(25)8-24-10-21-9-22-24;1-23-10-4-2-9(3-5-10)22-13-7-6-11(12(21)8-16)14(20-13)15(17,18)19;1-2-5-3-4-1/h2-7,9-10H,8H2,1H3;2-7H,8H2,1H3;1,3H,2H2. The first-order valence-corrected chi connectivity index (χ1v) is 19.0. The highest BCUT2D eigenvalue weighted by Gasteiger charge is 2.38. The minimum absolute atomic E-state index is 0.214. The molecule has 20 heteroatoms. The third-order valence-corrected chi connectivity index (χ3v) is 8.77. The zero-order chi connectivity index (χ0) is 40.0. The number of rotatable bonds is 11. The molecule has 11 nitrogen and oxygen atoms in total. The minimum atomic E-state index is -4.81. The van der Waals surface area contributed by atoms with Crippen molar-refractivity contribution in [3.8, 4) is 23.3 Å². The molecule has 0 N–H and O–H groups in total. The van der Waals surface area contributed by atoms with Gasteiger partial charge in [0.1, 0.15) is 37.0 Å². The van der Waals surface area contributed by atoms with Gasteiger partial charge < -0.3 is 9.47 Å². The normalized spacial score (nSPS) is 11.9. The van der Waals surface area contributed by atoms with Gasteiger partial charge in [-0.3, -0.25) is 14.6 Å². The molecule has 0 spiro atoms. The molecule has 1 aliphatic heterocycles. The molecule has 0 radical (unpaired) electrons. The molecule has 0 saturated carbocycles. The summed E-state index contributed by atoms with van der Waals surface area (Å²) < 4.78 is 91.3. The number of nitrogens with zero attached hydrogens (tertiary/aromatic N) is 7. The van der Waals surface area contributed by atoms with Gasteiger partial charge in [-0.25, -0.2) is 24.6 Å².